The number of hydrogen-bond acceptors (Lipinski definition) is 7. The number of pyridine rings is 1. The summed E-state index contributed by atoms with van der Waals surface area (Å²) in [6, 6.07) is 7.57. The van der Waals surface area contributed by atoms with Crippen LogP contribution in [0.3, 0.4) is 0 Å². The van der Waals surface area contributed by atoms with Crippen LogP contribution in [0.5, 0.6) is 11.5 Å². The van der Waals surface area contributed by atoms with E-state index in [9.17, 15) is 27.2 Å². The SMILES string of the molecule is CNC(=O)c1cc(Oc2cc(C(F)(F)F)cc(NC(=O)c3ccc(F)c(C#Cc4cnc(-c5ncn[nH]5)n4C)c3)c2C)ccn1. The van der Waals surface area contributed by atoms with Gasteiger partial charge in [-0.25, -0.2) is 14.4 Å². The van der Waals surface area contributed by atoms with E-state index < -0.39 is 29.4 Å². The van der Waals surface area contributed by atoms with Crippen molar-refractivity contribution in [1.82, 2.24) is 35.0 Å². The summed E-state index contributed by atoms with van der Waals surface area (Å²) in [6.45, 7) is 1.45. The highest BCUT2D eigenvalue weighted by atomic mass is 19.4. The van der Waals surface area contributed by atoms with Crippen molar-refractivity contribution < 1.29 is 31.9 Å². The number of H-pyrrole nitrogens is 1. The summed E-state index contributed by atoms with van der Waals surface area (Å²) < 4.78 is 63.4. The number of ether oxygens (including phenoxy) is 1. The van der Waals surface area contributed by atoms with Crippen LogP contribution in [0.15, 0.2) is 61.2 Å². The van der Waals surface area contributed by atoms with Crippen molar-refractivity contribution in [3.63, 3.8) is 0 Å². The minimum absolute atomic E-state index is 0.0120. The minimum Gasteiger partial charge on any atom is -0.457 e. The molecule has 3 N–H and O–H groups in total. The number of aromatic nitrogens is 6. The second kappa shape index (κ2) is 12.3. The van der Waals surface area contributed by atoms with Gasteiger partial charge in [0.25, 0.3) is 11.8 Å². The molecule has 3 aromatic heterocycles. The monoisotopic (exact) mass is 618 g/mol. The number of halogens is 4. The van der Waals surface area contributed by atoms with Crippen LogP contribution in [0.4, 0.5) is 23.2 Å². The number of nitrogens with zero attached hydrogens (tertiary/aromatic N) is 5. The average molecular weight is 619 g/mol. The molecule has 0 saturated heterocycles. The molecule has 5 aromatic rings. The molecule has 5 rings (SSSR count). The zero-order valence-electron chi connectivity index (χ0n) is 23.7. The third kappa shape index (κ3) is 6.64. The van der Waals surface area contributed by atoms with Gasteiger partial charge in [-0.3, -0.25) is 19.7 Å². The molecule has 0 spiro atoms. The number of amides is 2. The Hall–Kier alpha value is -6.04. The van der Waals surface area contributed by atoms with Crippen LogP contribution in [-0.4, -0.2) is 48.6 Å². The summed E-state index contributed by atoms with van der Waals surface area (Å²) in [6.07, 6.45) is -0.735. The Morgan fingerprint density at radius 1 is 1.02 bits per heavy atom. The molecular weight excluding hydrogens is 596 g/mol. The molecule has 3 heterocycles. The van der Waals surface area contributed by atoms with Gasteiger partial charge in [0.15, 0.2) is 11.6 Å². The molecule has 0 fully saturated rings. The number of nitrogens with one attached hydrogen (secondary N) is 3. The number of carbonyl (C=O) groups is 2. The maximum atomic E-state index is 14.7. The van der Waals surface area contributed by atoms with Crippen molar-refractivity contribution in [3.8, 4) is 35.0 Å². The van der Waals surface area contributed by atoms with Gasteiger partial charge < -0.3 is 19.9 Å². The summed E-state index contributed by atoms with van der Waals surface area (Å²) in [5, 5.41) is 11.3. The van der Waals surface area contributed by atoms with Crippen molar-refractivity contribution in [2.24, 2.45) is 7.05 Å². The Morgan fingerprint density at radius 3 is 2.53 bits per heavy atom. The van der Waals surface area contributed by atoms with Crippen LogP contribution in [0, 0.1) is 24.6 Å². The molecule has 0 radical (unpaired) electrons. The van der Waals surface area contributed by atoms with Gasteiger partial charge in [-0.05, 0) is 49.2 Å². The van der Waals surface area contributed by atoms with Gasteiger partial charge in [0, 0.05) is 43.2 Å². The number of alkyl halides is 3. The largest absolute Gasteiger partial charge is 0.457 e. The van der Waals surface area contributed by atoms with Crippen LogP contribution in [0.25, 0.3) is 11.6 Å². The molecular formula is C30H22F4N8O3. The highest BCUT2D eigenvalue weighted by molar-refractivity contribution is 6.05. The molecule has 228 valence electrons. The summed E-state index contributed by atoms with van der Waals surface area (Å²) in [5.41, 5.74) is -0.907. The van der Waals surface area contributed by atoms with E-state index in [1.165, 1.54) is 57.0 Å². The van der Waals surface area contributed by atoms with E-state index in [2.05, 4.69) is 47.6 Å². The molecule has 0 aliphatic carbocycles. The summed E-state index contributed by atoms with van der Waals surface area (Å²) >= 11 is 0. The van der Waals surface area contributed by atoms with E-state index >= 15 is 0 Å². The van der Waals surface area contributed by atoms with E-state index in [4.69, 9.17) is 4.74 Å². The molecule has 0 aliphatic heterocycles. The van der Waals surface area contributed by atoms with Gasteiger partial charge >= 0.3 is 6.18 Å². The highest BCUT2D eigenvalue weighted by Gasteiger charge is 2.32. The first-order valence-corrected chi connectivity index (χ1v) is 13.0. The Kier molecular flexibility index (Phi) is 8.31. The number of hydrogen-bond donors (Lipinski definition) is 3. The molecule has 0 bridgehead atoms. The highest BCUT2D eigenvalue weighted by Crippen LogP contribution is 2.38. The van der Waals surface area contributed by atoms with Crippen LogP contribution < -0.4 is 15.4 Å². The van der Waals surface area contributed by atoms with Gasteiger partial charge in [-0.15, -0.1) is 0 Å². The first kappa shape index (κ1) is 30.4. The van der Waals surface area contributed by atoms with Crippen molar-refractivity contribution in [3.05, 3.63) is 101 Å². The number of imidazole rings is 1. The summed E-state index contributed by atoms with van der Waals surface area (Å²) in [4.78, 5) is 37.3. The predicted molar refractivity (Wildman–Crippen MR) is 153 cm³/mol. The van der Waals surface area contributed by atoms with Crippen molar-refractivity contribution in [2.75, 3.05) is 12.4 Å². The molecule has 0 saturated carbocycles. The van der Waals surface area contributed by atoms with Crippen molar-refractivity contribution in [2.45, 2.75) is 13.1 Å². The Labute approximate surface area is 252 Å². The first-order chi connectivity index (χ1) is 21.4. The molecule has 45 heavy (non-hydrogen) atoms. The van der Waals surface area contributed by atoms with Gasteiger partial charge in [0.2, 0.25) is 0 Å². The molecule has 0 unspecified atom stereocenters. The fraction of sp³-hybridized carbons (Fsp3) is 0.133. The number of carbonyl (C=O) groups excluding carboxylic acids is 2. The Bertz CT molecular complexity index is 1980. The molecule has 2 aromatic carbocycles. The molecule has 0 aliphatic rings. The molecule has 0 atom stereocenters. The smallest absolute Gasteiger partial charge is 0.416 e. The van der Waals surface area contributed by atoms with Crippen LogP contribution >= 0.6 is 0 Å². The average Bonchev–Trinajstić information content (AvgIpc) is 3.67. The lowest BCUT2D eigenvalue weighted by Gasteiger charge is -2.17. The lowest BCUT2D eigenvalue weighted by Crippen LogP contribution is -2.19. The lowest BCUT2D eigenvalue weighted by atomic mass is 10.1. The topological polar surface area (TPSA) is 140 Å². The Balaban J connectivity index is 1.43. The van der Waals surface area contributed by atoms with Gasteiger partial charge in [0.1, 0.15) is 35.0 Å². The summed E-state index contributed by atoms with van der Waals surface area (Å²) in [7, 11) is 3.08. The fourth-order valence-corrected chi connectivity index (χ4v) is 4.09. The number of rotatable bonds is 6. The van der Waals surface area contributed by atoms with Crippen LogP contribution in [0.1, 0.15) is 43.2 Å². The maximum Gasteiger partial charge on any atom is 0.416 e. The van der Waals surface area contributed by atoms with Crippen LogP contribution in [0.2, 0.25) is 0 Å². The third-order valence-electron chi connectivity index (χ3n) is 6.52. The van der Waals surface area contributed by atoms with Gasteiger partial charge in [-0.1, -0.05) is 5.92 Å². The lowest BCUT2D eigenvalue weighted by molar-refractivity contribution is -0.137. The standard InChI is InChI=1S/C30H22F4N8O3/c1-16-23(11-19(30(32,33)34)12-25(16)45-21-8-9-36-24(13-21)29(44)35-2)40-28(43)18-5-7-22(31)17(10-18)4-6-20-14-37-27(42(20)3)26-38-15-39-41-26/h5,7-15H,1-3H3,(H,35,44)(H,40,43)(H,38,39,41). The minimum atomic E-state index is -4.78. The number of benzene rings is 2. The van der Waals surface area contributed by atoms with Crippen molar-refractivity contribution >= 4 is 17.5 Å². The fourth-order valence-electron chi connectivity index (χ4n) is 4.09. The molecule has 2 amide bonds. The second-order valence-corrected chi connectivity index (χ2v) is 9.46. The third-order valence-corrected chi connectivity index (χ3v) is 6.52. The normalized spacial score (nSPS) is 11.0. The van der Waals surface area contributed by atoms with E-state index in [0.717, 1.165) is 18.2 Å². The quantitative estimate of drug-likeness (QED) is 0.182. The van der Waals surface area contributed by atoms with E-state index in [1.54, 1.807) is 11.6 Å². The van der Waals surface area contributed by atoms with E-state index in [0.29, 0.717) is 17.3 Å². The van der Waals surface area contributed by atoms with Crippen molar-refractivity contribution in [1.29, 1.82) is 0 Å². The zero-order chi connectivity index (χ0) is 32.3. The zero-order valence-corrected chi connectivity index (χ0v) is 23.7. The maximum absolute atomic E-state index is 14.7. The van der Waals surface area contributed by atoms with Gasteiger partial charge in [0.05, 0.1) is 17.3 Å². The number of anilines is 1. The second-order valence-electron chi connectivity index (χ2n) is 9.46. The Morgan fingerprint density at radius 2 is 1.82 bits per heavy atom. The predicted octanol–water partition coefficient (Wildman–Crippen LogP) is 4.87. The molecule has 15 heteroatoms. The molecule has 11 nitrogen and oxygen atoms in total. The van der Waals surface area contributed by atoms with Gasteiger partial charge in [-0.2, -0.15) is 18.3 Å². The summed E-state index contributed by atoms with van der Waals surface area (Å²) in [5.74, 6) is 4.09. The number of aromatic amines is 1. The first-order valence-electron chi connectivity index (χ1n) is 13.0. The van der Waals surface area contributed by atoms with Crippen LogP contribution in [-0.2, 0) is 13.2 Å². The van der Waals surface area contributed by atoms with E-state index in [1.807, 2.05) is 0 Å². The van der Waals surface area contributed by atoms with E-state index in [-0.39, 0.29) is 39.6 Å².